The molecule has 0 unspecified atom stereocenters. The summed E-state index contributed by atoms with van der Waals surface area (Å²) in [5.74, 6) is 1.71. The lowest BCUT2D eigenvalue weighted by Crippen LogP contribution is -2.02. The minimum Gasteiger partial charge on any atom is -0.340 e. The normalized spacial score (nSPS) is 10.8. The number of benzene rings is 1. The van der Waals surface area contributed by atoms with Crippen LogP contribution < -0.4 is 5.32 Å². The molecule has 22 heavy (non-hydrogen) atoms. The molecule has 3 rings (SSSR count). The first-order valence-corrected chi connectivity index (χ1v) is 7.65. The maximum atomic E-state index is 13.0. The van der Waals surface area contributed by atoms with Gasteiger partial charge in [-0.25, -0.2) is 9.37 Å². The van der Waals surface area contributed by atoms with Crippen molar-refractivity contribution in [3.05, 3.63) is 54.5 Å². The molecule has 0 bridgehead atoms. The molecule has 0 atom stereocenters. The van der Waals surface area contributed by atoms with Crippen LogP contribution in [0.15, 0.2) is 48.1 Å². The van der Waals surface area contributed by atoms with Crippen LogP contribution in [0.4, 0.5) is 15.9 Å². The summed E-state index contributed by atoms with van der Waals surface area (Å²) in [5, 5.41) is 8.27. The molecule has 1 aromatic carbocycles. The van der Waals surface area contributed by atoms with Gasteiger partial charge in [0.15, 0.2) is 0 Å². The van der Waals surface area contributed by atoms with Crippen molar-refractivity contribution >= 4 is 29.0 Å². The molecule has 5 nitrogen and oxygen atoms in total. The zero-order valence-electron chi connectivity index (χ0n) is 12.0. The average Bonchev–Trinajstić information content (AvgIpc) is 2.90. The first-order chi connectivity index (χ1) is 10.7. The molecule has 0 spiro atoms. The Balaban J connectivity index is 1.98. The van der Waals surface area contributed by atoms with Crippen molar-refractivity contribution in [1.82, 2.24) is 19.6 Å². The summed E-state index contributed by atoms with van der Waals surface area (Å²) in [5.41, 5.74) is 1.59. The summed E-state index contributed by atoms with van der Waals surface area (Å²) in [6, 6.07) is 8.01. The van der Waals surface area contributed by atoms with Crippen molar-refractivity contribution < 1.29 is 4.39 Å². The third-order valence-electron chi connectivity index (χ3n) is 2.87. The third-order valence-corrected chi connectivity index (χ3v) is 3.70. The maximum Gasteiger partial charge on any atom is 0.255 e. The Morgan fingerprint density at radius 2 is 2.09 bits per heavy atom. The lowest BCUT2D eigenvalue weighted by Gasteiger charge is -2.08. The lowest BCUT2D eigenvalue weighted by molar-refractivity contribution is 0.628. The van der Waals surface area contributed by atoms with Crippen molar-refractivity contribution in [1.29, 1.82) is 0 Å². The van der Waals surface area contributed by atoms with Crippen molar-refractivity contribution in [2.24, 2.45) is 0 Å². The summed E-state index contributed by atoms with van der Waals surface area (Å²) in [7, 11) is 0. The van der Waals surface area contributed by atoms with Gasteiger partial charge < -0.3 is 5.32 Å². The van der Waals surface area contributed by atoms with Gasteiger partial charge in [0, 0.05) is 23.2 Å². The van der Waals surface area contributed by atoms with E-state index in [2.05, 4.69) is 27.0 Å². The Labute approximate surface area is 131 Å². The Morgan fingerprint density at radius 1 is 1.32 bits per heavy atom. The van der Waals surface area contributed by atoms with Crippen LogP contribution in [-0.2, 0) is 0 Å². The SMILES string of the molecule is C=CCSc1nc2nc(C)cc(Nc3ccc(F)cc3)n2n1. The van der Waals surface area contributed by atoms with E-state index in [4.69, 9.17) is 0 Å². The minimum atomic E-state index is -0.273. The summed E-state index contributed by atoms with van der Waals surface area (Å²) in [4.78, 5) is 8.75. The van der Waals surface area contributed by atoms with Crippen molar-refractivity contribution in [2.75, 3.05) is 11.1 Å². The van der Waals surface area contributed by atoms with Crippen LogP contribution in [0.5, 0.6) is 0 Å². The second-order valence-corrected chi connectivity index (χ2v) is 5.61. The van der Waals surface area contributed by atoms with E-state index >= 15 is 0 Å². The fraction of sp³-hybridized carbons (Fsp3) is 0.133. The van der Waals surface area contributed by atoms with Gasteiger partial charge in [-0.15, -0.1) is 11.7 Å². The van der Waals surface area contributed by atoms with Crippen LogP contribution in [0.25, 0.3) is 5.78 Å². The number of hydrogen-bond acceptors (Lipinski definition) is 5. The monoisotopic (exact) mass is 315 g/mol. The smallest absolute Gasteiger partial charge is 0.255 e. The molecule has 1 N–H and O–H groups in total. The first kappa shape index (κ1) is 14.5. The number of rotatable bonds is 5. The number of fused-ring (bicyclic) bond motifs is 1. The fourth-order valence-electron chi connectivity index (χ4n) is 1.93. The molecule has 0 radical (unpaired) electrons. The number of anilines is 2. The Kier molecular flexibility index (Phi) is 4.06. The Hall–Kier alpha value is -2.41. The molecular weight excluding hydrogens is 301 g/mol. The van der Waals surface area contributed by atoms with Gasteiger partial charge in [-0.1, -0.05) is 17.8 Å². The van der Waals surface area contributed by atoms with Crippen molar-refractivity contribution in [3.8, 4) is 0 Å². The van der Waals surface area contributed by atoms with Crippen LogP contribution >= 0.6 is 11.8 Å². The quantitative estimate of drug-likeness (QED) is 0.576. The third kappa shape index (κ3) is 3.09. The van der Waals surface area contributed by atoms with E-state index < -0.39 is 0 Å². The number of nitrogens with one attached hydrogen (secondary N) is 1. The van der Waals surface area contributed by atoms with Crippen LogP contribution in [0.3, 0.4) is 0 Å². The van der Waals surface area contributed by atoms with Gasteiger partial charge in [0.25, 0.3) is 5.78 Å². The van der Waals surface area contributed by atoms with E-state index in [1.807, 2.05) is 13.0 Å². The first-order valence-electron chi connectivity index (χ1n) is 6.66. The summed E-state index contributed by atoms with van der Waals surface area (Å²) >= 11 is 1.49. The second kappa shape index (κ2) is 6.15. The largest absolute Gasteiger partial charge is 0.340 e. The highest BCUT2D eigenvalue weighted by Gasteiger charge is 2.10. The van der Waals surface area contributed by atoms with Gasteiger partial charge in [-0.2, -0.15) is 9.50 Å². The topological polar surface area (TPSA) is 55.1 Å². The molecule has 7 heteroatoms. The molecule has 2 aromatic heterocycles. The number of thioether (sulfide) groups is 1. The Bertz CT molecular complexity index is 813. The van der Waals surface area contributed by atoms with E-state index in [0.29, 0.717) is 10.9 Å². The molecule has 0 aliphatic rings. The van der Waals surface area contributed by atoms with Gasteiger partial charge in [-0.05, 0) is 31.2 Å². The number of hydrogen-bond donors (Lipinski definition) is 1. The zero-order valence-corrected chi connectivity index (χ0v) is 12.8. The van der Waals surface area contributed by atoms with Crippen LogP contribution in [0, 0.1) is 12.7 Å². The molecule has 0 fully saturated rings. The summed E-state index contributed by atoms with van der Waals surface area (Å²) in [6.07, 6.45) is 1.80. The second-order valence-electron chi connectivity index (χ2n) is 4.62. The highest BCUT2D eigenvalue weighted by Crippen LogP contribution is 2.21. The molecule has 0 aliphatic carbocycles. The van der Waals surface area contributed by atoms with Gasteiger partial charge in [0.2, 0.25) is 5.16 Å². The molecule has 0 saturated carbocycles. The molecule has 0 saturated heterocycles. The van der Waals surface area contributed by atoms with E-state index in [9.17, 15) is 4.39 Å². The standard InChI is InChI=1S/C15H14FN5S/c1-3-8-22-15-19-14-17-10(2)9-13(21(14)20-15)18-12-6-4-11(16)5-7-12/h3-7,9,18H,1,8H2,2H3. The molecule has 2 heterocycles. The van der Waals surface area contributed by atoms with Gasteiger partial charge in [0.1, 0.15) is 11.6 Å². The maximum absolute atomic E-state index is 13.0. The highest BCUT2D eigenvalue weighted by molar-refractivity contribution is 7.99. The van der Waals surface area contributed by atoms with Crippen molar-refractivity contribution in [3.63, 3.8) is 0 Å². The molecule has 112 valence electrons. The number of aromatic nitrogens is 4. The average molecular weight is 315 g/mol. The highest BCUT2D eigenvalue weighted by atomic mass is 32.2. The van der Waals surface area contributed by atoms with Crippen LogP contribution in [0.1, 0.15) is 5.69 Å². The van der Waals surface area contributed by atoms with E-state index in [1.54, 1.807) is 22.7 Å². The van der Waals surface area contributed by atoms with Gasteiger partial charge in [0.05, 0.1) is 0 Å². The molecule has 0 amide bonds. The van der Waals surface area contributed by atoms with E-state index in [-0.39, 0.29) is 5.82 Å². The van der Waals surface area contributed by atoms with E-state index in [1.165, 1.54) is 23.9 Å². The van der Waals surface area contributed by atoms with Crippen molar-refractivity contribution in [2.45, 2.75) is 12.1 Å². The van der Waals surface area contributed by atoms with Gasteiger partial charge >= 0.3 is 0 Å². The fourth-order valence-corrected chi connectivity index (χ4v) is 2.49. The number of aryl methyl sites for hydroxylation is 1. The molecule has 0 aliphatic heterocycles. The summed E-state index contributed by atoms with van der Waals surface area (Å²) < 4.78 is 14.6. The van der Waals surface area contributed by atoms with Gasteiger partial charge in [-0.3, -0.25) is 0 Å². The summed E-state index contributed by atoms with van der Waals surface area (Å²) in [6.45, 7) is 5.57. The van der Waals surface area contributed by atoms with Crippen LogP contribution in [0.2, 0.25) is 0 Å². The predicted molar refractivity (Wildman–Crippen MR) is 86.1 cm³/mol. The lowest BCUT2D eigenvalue weighted by atomic mass is 10.3. The predicted octanol–water partition coefficient (Wildman–Crippen LogP) is 3.59. The van der Waals surface area contributed by atoms with Crippen LogP contribution in [-0.4, -0.2) is 25.3 Å². The molecule has 3 aromatic rings. The zero-order chi connectivity index (χ0) is 15.5. The number of halogens is 1. The molecular formula is C15H14FN5S. The Morgan fingerprint density at radius 3 is 2.82 bits per heavy atom. The minimum absolute atomic E-state index is 0.273. The van der Waals surface area contributed by atoms with E-state index in [0.717, 1.165) is 23.0 Å². The number of nitrogens with zero attached hydrogens (tertiary/aromatic N) is 4.